The van der Waals surface area contributed by atoms with Crippen molar-refractivity contribution in [2.75, 3.05) is 14.2 Å². The number of nitrogens with two attached hydrogens (primary N) is 1. The first-order chi connectivity index (χ1) is 11.9. The van der Waals surface area contributed by atoms with Crippen LogP contribution in [0.2, 0.25) is 0 Å². The van der Waals surface area contributed by atoms with Crippen molar-refractivity contribution < 1.29 is 19.0 Å². The molecule has 26 heavy (non-hydrogen) atoms. The Kier molecular flexibility index (Phi) is 7.93. The molecule has 142 valence electrons. The van der Waals surface area contributed by atoms with Gasteiger partial charge >= 0.3 is 5.97 Å². The molecule has 0 fully saturated rings. The van der Waals surface area contributed by atoms with Gasteiger partial charge in [0.1, 0.15) is 6.61 Å². The van der Waals surface area contributed by atoms with E-state index in [4.69, 9.17) is 19.9 Å². The fourth-order valence-electron chi connectivity index (χ4n) is 2.54. The van der Waals surface area contributed by atoms with E-state index in [0.29, 0.717) is 18.1 Å². The number of ether oxygens (including phenoxy) is 3. The molecule has 2 aromatic carbocycles. The lowest BCUT2D eigenvalue weighted by atomic mass is 9.81. The van der Waals surface area contributed by atoms with E-state index in [1.807, 2.05) is 42.5 Å². The molecule has 0 aliphatic rings. The second kappa shape index (κ2) is 9.46. The Bertz CT molecular complexity index is 719. The molecule has 0 aliphatic heterocycles. The van der Waals surface area contributed by atoms with Crippen LogP contribution >= 0.6 is 12.4 Å². The zero-order valence-corrected chi connectivity index (χ0v) is 16.3. The predicted octanol–water partition coefficient (Wildman–Crippen LogP) is 3.90. The lowest BCUT2D eigenvalue weighted by molar-refractivity contribution is -0.152. The minimum absolute atomic E-state index is 0. The molecule has 2 rings (SSSR count). The molecule has 0 bridgehead atoms. The van der Waals surface area contributed by atoms with Crippen molar-refractivity contribution >= 4 is 18.4 Å². The zero-order valence-electron chi connectivity index (χ0n) is 15.5. The average Bonchev–Trinajstić information content (AvgIpc) is 2.65. The Morgan fingerprint density at radius 2 is 1.73 bits per heavy atom. The Balaban J connectivity index is 0.00000338. The molecule has 1 atom stereocenters. The quantitative estimate of drug-likeness (QED) is 0.739. The van der Waals surface area contributed by atoms with E-state index in [1.54, 1.807) is 27.0 Å². The third-order valence-corrected chi connectivity index (χ3v) is 4.27. The lowest BCUT2D eigenvalue weighted by Crippen LogP contribution is -2.37. The van der Waals surface area contributed by atoms with Crippen LogP contribution in [0.5, 0.6) is 11.5 Å². The minimum Gasteiger partial charge on any atom is -0.493 e. The highest BCUT2D eigenvalue weighted by Gasteiger charge is 2.36. The molecule has 0 amide bonds. The van der Waals surface area contributed by atoms with Crippen LogP contribution in [0.3, 0.4) is 0 Å². The van der Waals surface area contributed by atoms with Crippen molar-refractivity contribution in [3.63, 3.8) is 0 Å². The highest BCUT2D eigenvalue weighted by atomic mass is 35.5. The van der Waals surface area contributed by atoms with Crippen LogP contribution in [0.15, 0.2) is 48.5 Å². The third-order valence-electron chi connectivity index (χ3n) is 4.27. The first kappa shape index (κ1) is 21.8. The first-order valence-electron chi connectivity index (χ1n) is 8.08. The van der Waals surface area contributed by atoms with Gasteiger partial charge in [-0.3, -0.25) is 4.79 Å². The van der Waals surface area contributed by atoms with Crippen molar-refractivity contribution in [3.8, 4) is 11.5 Å². The van der Waals surface area contributed by atoms with E-state index in [2.05, 4.69) is 0 Å². The molecule has 2 N–H and O–H groups in total. The van der Waals surface area contributed by atoms with Crippen molar-refractivity contribution in [2.24, 2.45) is 11.1 Å². The Labute approximate surface area is 160 Å². The van der Waals surface area contributed by atoms with Gasteiger partial charge in [-0.15, -0.1) is 12.4 Å². The van der Waals surface area contributed by atoms with Gasteiger partial charge in [0.05, 0.1) is 19.6 Å². The standard InChI is InChI=1S/C20H25NO4.ClH/c1-20(2,19(22)24-4)18(21)15-10-11-16(17(12-15)23-3)25-13-14-8-6-5-7-9-14;/h5-12,18H,13,21H2,1-4H3;1H/t18-;/m1./s1. The number of halogens is 1. The lowest BCUT2D eigenvalue weighted by Gasteiger charge is -2.29. The number of rotatable bonds is 7. The third kappa shape index (κ3) is 4.90. The summed E-state index contributed by atoms with van der Waals surface area (Å²) in [5.74, 6) is 0.839. The predicted molar refractivity (Wildman–Crippen MR) is 104 cm³/mol. The van der Waals surface area contributed by atoms with Crippen molar-refractivity contribution in [2.45, 2.75) is 26.5 Å². The van der Waals surface area contributed by atoms with E-state index in [9.17, 15) is 4.79 Å². The second-order valence-corrected chi connectivity index (χ2v) is 6.38. The number of hydrogen-bond donors (Lipinski definition) is 1. The van der Waals surface area contributed by atoms with E-state index in [0.717, 1.165) is 11.1 Å². The molecule has 0 spiro atoms. The Morgan fingerprint density at radius 3 is 2.31 bits per heavy atom. The summed E-state index contributed by atoms with van der Waals surface area (Å²) in [5, 5.41) is 0. The largest absolute Gasteiger partial charge is 0.493 e. The smallest absolute Gasteiger partial charge is 0.313 e. The monoisotopic (exact) mass is 379 g/mol. The van der Waals surface area contributed by atoms with Gasteiger partial charge in [-0.25, -0.2) is 0 Å². The van der Waals surface area contributed by atoms with Crippen LogP contribution in [0.1, 0.15) is 31.0 Å². The van der Waals surface area contributed by atoms with Gasteiger partial charge in [0.2, 0.25) is 0 Å². The molecule has 0 saturated heterocycles. The maximum Gasteiger partial charge on any atom is 0.313 e. The highest BCUT2D eigenvalue weighted by Crippen LogP contribution is 2.37. The van der Waals surface area contributed by atoms with E-state index in [1.165, 1.54) is 7.11 Å². The van der Waals surface area contributed by atoms with Crippen molar-refractivity contribution in [3.05, 3.63) is 59.7 Å². The fourth-order valence-corrected chi connectivity index (χ4v) is 2.54. The minimum atomic E-state index is -0.855. The summed E-state index contributed by atoms with van der Waals surface area (Å²) >= 11 is 0. The topological polar surface area (TPSA) is 70.8 Å². The summed E-state index contributed by atoms with van der Waals surface area (Å²) in [6.45, 7) is 3.96. The SMILES string of the molecule is COC(=O)C(C)(C)[C@H](N)c1ccc(OCc2ccccc2)c(OC)c1.Cl. The number of carbonyl (C=O) groups excluding carboxylic acids is 1. The molecule has 2 aromatic rings. The van der Waals surface area contributed by atoms with Crippen LogP contribution in [-0.2, 0) is 16.1 Å². The number of hydrogen-bond acceptors (Lipinski definition) is 5. The van der Waals surface area contributed by atoms with E-state index < -0.39 is 11.5 Å². The van der Waals surface area contributed by atoms with Crippen molar-refractivity contribution in [1.82, 2.24) is 0 Å². The molecule has 0 radical (unpaired) electrons. The van der Waals surface area contributed by atoms with Crippen LogP contribution in [0, 0.1) is 5.41 Å². The van der Waals surface area contributed by atoms with Crippen LogP contribution in [-0.4, -0.2) is 20.2 Å². The summed E-state index contributed by atoms with van der Waals surface area (Å²) in [6.07, 6.45) is 0. The van der Waals surface area contributed by atoms with Crippen LogP contribution in [0.4, 0.5) is 0 Å². The molecule has 6 heteroatoms. The maximum atomic E-state index is 12.0. The Hall–Kier alpha value is -2.24. The van der Waals surface area contributed by atoms with Crippen LogP contribution < -0.4 is 15.2 Å². The summed E-state index contributed by atoms with van der Waals surface area (Å²) in [4.78, 5) is 12.0. The second-order valence-electron chi connectivity index (χ2n) is 6.38. The van der Waals surface area contributed by atoms with Gasteiger partial charge in [0.15, 0.2) is 11.5 Å². The number of carbonyl (C=O) groups is 1. The molecule has 0 aliphatic carbocycles. The number of benzene rings is 2. The number of methoxy groups -OCH3 is 2. The van der Waals surface area contributed by atoms with Gasteiger partial charge in [0, 0.05) is 6.04 Å². The van der Waals surface area contributed by atoms with E-state index >= 15 is 0 Å². The van der Waals surface area contributed by atoms with Gasteiger partial charge < -0.3 is 19.9 Å². The molecule has 0 saturated carbocycles. The number of esters is 1. The average molecular weight is 380 g/mol. The van der Waals surface area contributed by atoms with Crippen molar-refractivity contribution in [1.29, 1.82) is 0 Å². The normalized spacial score (nSPS) is 11.9. The molecule has 0 unspecified atom stereocenters. The molecular formula is C20H26ClNO4. The van der Waals surface area contributed by atoms with E-state index in [-0.39, 0.29) is 18.4 Å². The van der Waals surface area contributed by atoms with Crippen LogP contribution in [0.25, 0.3) is 0 Å². The summed E-state index contributed by atoms with van der Waals surface area (Å²) in [6, 6.07) is 14.8. The first-order valence-corrected chi connectivity index (χ1v) is 8.08. The fraction of sp³-hybridized carbons (Fsp3) is 0.350. The molecule has 0 heterocycles. The van der Waals surface area contributed by atoms with Gasteiger partial charge in [0.25, 0.3) is 0 Å². The van der Waals surface area contributed by atoms with Gasteiger partial charge in [-0.1, -0.05) is 36.4 Å². The van der Waals surface area contributed by atoms with Gasteiger partial charge in [-0.05, 0) is 37.1 Å². The molecule has 0 aromatic heterocycles. The zero-order chi connectivity index (χ0) is 18.4. The molecular weight excluding hydrogens is 354 g/mol. The summed E-state index contributed by atoms with van der Waals surface area (Å²) in [5.41, 5.74) is 7.28. The highest BCUT2D eigenvalue weighted by molar-refractivity contribution is 5.85. The molecule has 5 nitrogen and oxygen atoms in total. The van der Waals surface area contributed by atoms with Gasteiger partial charge in [-0.2, -0.15) is 0 Å². The summed E-state index contributed by atoms with van der Waals surface area (Å²) < 4.78 is 16.1. The maximum absolute atomic E-state index is 12.0. The Morgan fingerprint density at radius 1 is 1.08 bits per heavy atom. The summed E-state index contributed by atoms with van der Waals surface area (Å²) in [7, 11) is 2.93.